The maximum Gasteiger partial charge on any atom is 0.213 e. The van der Waals surface area contributed by atoms with E-state index in [-0.39, 0.29) is 0 Å². The Bertz CT molecular complexity index is 540. The van der Waals surface area contributed by atoms with E-state index in [0.717, 1.165) is 25.5 Å². The summed E-state index contributed by atoms with van der Waals surface area (Å²) in [6.07, 6.45) is 5.86. The average molecular weight is 287 g/mol. The predicted molar refractivity (Wildman–Crippen MR) is 79.0 cm³/mol. The number of nitrogens with one attached hydrogen (secondary N) is 1. The number of aromatic nitrogens is 4. The Labute approximate surface area is 124 Å². The molecule has 2 aromatic heterocycles. The van der Waals surface area contributed by atoms with Crippen LogP contribution in [0.5, 0.6) is 5.88 Å². The van der Waals surface area contributed by atoms with Gasteiger partial charge in [-0.1, -0.05) is 6.07 Å². The summed E-state index contributed by atoms with van der Waals surface area (Å²) < 4.78 is 5.37. The molecule has 1 fully saturated rings. The van der Waals surface area contributed by atoms with Crippen molar-refractivity contribution in [2.75, 3.05) is 19.7 Å². The minimum absolute atomic E-state index is 0.455. The number of H-pyrrole nitrogens is 1. The van der Waals surface area contributed by atoms with Gasteiger partial charge in [0.1, 0.15) is 12.2 Å². The molecule has 1 aliphatic heterocycles. The van der Waals surface area contributed by atoms with E-state index < -0.39 is 0 Å². The van der Waals surface area contributed by atoms with E-state index in [1.165, 1.54) is 18.4 Å². The molecule has 0 saturated carbocycles. The highest BCUT2D eigenvalue weighted by Gasteiger charge is 2.23. The van der Waals surface area contributed by atoms with Crippen LogP contribution in [0.2, 0.25) is 0 Å². The number of piperidine rings is 1. The van der Waals surface area contributed by atoms with E-state index in [4.69, 9.17) is 4.74 Å². The first kappa shape index (κ1) is 14.0. The molecule has 21 heavy (non-hydrogen) atoms. The zero-order valence-corrected chi connectivity index (χ0v) is 12.3. The van der Waals surface area contributed by atoms with Crippen LogP contribution in [-0.4, -0.2) is 44.8 Å². The van der Waals surface area contributed by atoms with Crippen molar-refractivity contribution >= 4 is 0 Å². The van der Waals surface area contributed by atoms with Crippen LogP contribution in [0, 0.1) is 0 Å². The third-order valence-electron chi connectivity index (χ3n) is 3.82. The van der Waals surface area contributed by atoms with Crippen LogP contribution < -0.4 is 4.74 Å². The zero-order chi connectivity index (χ0) is 14.5. The lowest BCUT2D eigenvalue weighted by Gasteiger charge is -2.31. The fourth-order valence-corrected chi connectivity index (χ4v) is 2.83. The maximum atomic E-state index is 5.37. The number of likely N-dealkylation sites (tertiary alicyclic amines) is 1. The molecule has 0 aromatic carbocycles. The maximum absolute atomic E-state index is 5.37. The molecule has 2 aromatic rings. The van der Waals surface area contributed by atoms with Gasteiger partial charge in [-0.05, 0) is 31.9 Å². The summed E-state index contributed by atoms with van der Waals surface area (Å²) in [4.78, 5) is 11.1. The molecule has 112 valence electrons. The minimum atomic E-state index is 0.455. The number of hydrogen-bond acceptors (Lipinski definition) is 5. The van der Waals surface area contributed by atoms with Gasteiger partial charge in [0.05, 0.1) is 6.61 Å². The van der Waals surface area contributed by atoms with Crippen LogP contribution in [0.4, 0.5) is 0 Å². The largest absolute Gasteiger partial charge is 0.478 e. The molecule has 0 spiro atoms. The van der Waals surface area contributed by atoms with Crippen LogP contribution in [0.15, 0.2) is 24.7 Å². The topological polar surface area (TPSA) is 66.9 Å². The van der Waals surface area contributed by atoms with E-state index in [0.29, 0.717) is 18.4 Å². The number of aromatic amines is 1. The van der Waals surface area contributed by atoms with E-state index >= 15 is 0 Å². The predicted octanol–water partition coefficient (Wildman–Crippen LogP) is 1.98. The van der Waals surface area contributed by atoms with Crippen LogP contribution in [-0.2, 0) is 6.54 Å². The molecule has 1 N–H and O–H groups in total. The van der Waals surface area contributed by atoms with Crippen molar-refractivity contribution < 1.29 is 4.74 Å². The molecule has 0 aliphatic carbocycles. The number of hydrogen-bond donors (Lipinski definition) is 1. The second-order valence-corrected chi connectivity index (χ2v) is 5.38. The number of rotatable bonds is 5. The molecule has 6 nitrogen and oxygen atoms in total. The molecule has 1 aliphatic rings. The third-order valence-corrected chi connectivity index (χ3v) is 3.82. The Morgan fingerprint density at radius 2 is 2.33 bits per heavy atom. The standard InChI is InChI=1S/C15H21N5O/c1-2-21-14-6-5-12(8-16-14)9-20-7-3-4-13(10-20)15-17-11-18-19-15/h5-6,8,11,13H,2-4,7,9-10H2,1H3,(H,17,18,19)/t13-/m0/s1. The highest BCUT2D eigenvalue weighted by molar-refractivity contribution is 5.18. The molecular formula is C15H21N5O. The molecule has 0 bridgehead atoms. The molecule has 3 heterocycles. The zero-order valence-electron chi connectivity index (χ0n) is 12.3. The van der Waals surface area contributed by atoms with E-state index in [2.05, 4.69) is 31.1 Å². The molecule has 0 amide bonds. The molecule has 1 atom stereocenters. The van der Waals surface area contributed by atoms with Crippen molar-refractivity contribution in [3.05, 3.63) is 36.0 Å². The summed E-state index contributed by atoms with van der Waals surface area (Å²) in [6, 6.07) is 4.03. The van der Waals surface area contributed by atoms with Crippen molar-refractivity contribution in [2.45, 2.75) is 32.2 Å². The fraction of sp³-hybridized carbons (Fsp3) is 0.533. The van der Waals surface area contributed by atoms with Gasteiger partial charge in [0, 0.05) is 31.3 Å². The minimum Gasteiger partial charge on any atom is -0.478 e. The van der Waals surface area contributed by atoms with Gasteiger partial charge in [0.15, 0.2) is 0 Å². The SMILES string of the molecule is CCOc1ccc(CN2CCC[C@H](c3ncn[nH]3)C2)cn1. The van der Waals surface area contributed by atoms with E-state index in [1.807, 2.05) is 19.2 Å². The summed E-state index contributed by atoms with van der Waals surface area (Å²) in [5.41, 5.74) is 1.22. The Morgan fingerprint density at radius 3 is 3.05 bits per heavy atom. The van der Waals surface area contributed by atoms with Crippen molar-refractivity contribution in [1.82, 2.24) is 25.1 Å². The van der Waals surface area contributed by atoms with Gasteiger partial charge < -0.3 is 4.74 Å². The van der Waals surface area contributed by atoms with Crippen molar-refractivity contribution in [1.29, 1.82) is 0 Å². The Morgan fingerprint density at radius 1 is 1.38 bits per heavy atom. The monoisotopic (exact) mass is 287 g/mol. The quantitative estimate of drug-likeness (QED) is 0.910. The highest BCUT2D eigenvalue weighted by Crippen LogP contribution is 2.25. The molecule has 0 unspecified atom stereocenters. The second kappa shape index (κ2) is 6.67. The van der Waals surface area contributed by atoms with Gasteiger partial charge in [-0.25, -0.2) is 9.97 Å². The second-order valence-electron chi connectivity index (χ2n) is 5.38. The van der Waals surface area contributed by atoms with Crippen LogP contribution in [0.3, 0.4) is 0 Å². The average Bonchev–Trinajstić information content (AvgIpc) is 3.04. The van der Waals surface area contributed by atoms with Gasteiger partial charge in [0.25, 0.3) is 0 Å². The highest BCUT2D eigenvalue weighted by atomic mass is 16.5. The first-order chi connectivity index (χ1) is 10.3. The van der Waals surface area contributed by atoms with Gasteiger partial charge >= 0.3 is 0 Å². The van der Waals surface area contributed by atoms with Crippen molar-refractivity contribution in [3.8, 4) is 5.88 Å². The lowest BCUT2D eigenvalue weighted by Crippen LogP contribution is -2.34. The van der Waals surface area contributed by atoms with Gasteiger partial charge in [-0.15, -0.1) is 0 Å². The lowest BCUT2D eigenvalue weighted by atomic mass is 9.97. The normalized spacial score (nSPS) is 19.6. The van der Waals surface area contributed by atoms with Gasteiger partial charge in [0.2, 0.25) is 5.88 Å². The molecule has 6 heteroatoms. The van der Waals surface area contributed by atoms with Gasteiger partial charge in [-0.2, -0.15) is 5.10 Å². The Hall–Kier alpha value is -1.95. The summed E-state index contributed by atoms with van der Waals surface area (Å²) >= 11 is 0. The van der Waals surface area contributed by atoms with Crippen molar-refractivity contribution in [2.24, 2.45) is 0 Å². The molecule has 1 saturated heterocycles. The summed E-state index contributed by atoms with van der Waals surface area (Å²) in [5, 5.41) is 6.95. The Balaban J connectivity index is 1.59. The summed E-state index contributed by atoms with van der Waals surface area (Å²) in [5.74, 6) is 2.15. The molecule has 3 rings (SSSR count). The van der Waals surface area contributed by atoms with E-state index in [1.54, 1.807) is 6.33 Å². The van der Waals surface area contributed by atoms with Crippen LogP contribution >= 0.6 is 0 Å². The summed E-state index contributed by atoms with van der Waals surface area (Å²) in [6.45, 7) is 5.68. The number of ether oxygens (including phenoxy) is 1. The smallest absolute Gasteiger partial charge is 0.213 e. The number of nitrogens with zero attached hydrogens (tertiary/aromatic N) is 4. The summed E-state index contributed by atoms with van der Waals surface area (Å²) in [7, 11) is 0. The molecular weight excluding hydrogens is 266 g/mol. The first-order valence-electron chi connectivity index (χ1n) is 7.50. The number of pyridine rings is 1. The Kier molecular flexibility index (Phi) is 4.45. The van der Waals surface area contributed by atoms with Crippen molar-refractivity contribution in [3.63, 3.8) is 0 Å². The third kappa shape index (κ3) is 3.58. The lowest BCUT2D eigenvalue weighted by molar-refractivity contribution is 0.196. The molecule has 0 radical (unpaired) electrons. The van der Waals surface area contributed by atoms with Crippen LogP contribution in [0.25, 0.3) is 0 Å². The first-order valence-corrected chi connectivity index (χ1v) is 7.50. The fourth-order valence-electron chi connectivity index (χ4n) is 2.83. The van der Waals surface area contributed by atoms with Crippen LogP contribution in [0.1, 0.15) is 37.1 Å². The van der Waals surface area contributed by atoms with Gasteiger partial charge in [-0.3, -0.25) is 10.00 Å². The van der Waals surface area contributed by atoms with E-state index in [9.17, 15) is 0 Å².